The molecule has 0 aliphatic carbocycles. The van der Waals surface area contributed by atoms with Crippen LogP contribution in [0.1, 0.15) is 0 Å². The minimum atomic E-state index is 0.162. The fourth-order valence-corrected chi connectivity index (χ4v) is 2.90. The van der Waals surface area contributed by atoms with E-state index in [0.29, 0.717) is 16.1 Å². The van der Waals surface area contributed by atoms with Crippen molar-refractivity contribution in [2.24, 2.45) is 0 Å². The molecule has 0 amide bonds. The highest BCUT2D eigenvalue weighted by Gasteiger charge is 2.02. The lowest BCUT2D eigenvalue weighted by atomic mass is 10.2. The summed E-state index contributed by atoms with van der Waals surface area (Å²) in [5, 5.41) is 21.1. The predicted molar refractivity (Wildman–Crippen MR) is 99.5 cm³/mol. The molecular weight excluding hydrogens is 392 g/mol. The average molecular weight is 404 g/mol. The number of aromatic hydroxyl groups is 2. The van der Waals surface area contributed by atoms with Gasteiger partial charge in [-0.3, -0.25) is 9.97 Å². The number of hydrogen-bond acceptors (Lipinski definition) is 4. The Morgan fingerprint density at radius 2 is 1.29 bits per heavy atom. The fraction of sp³-hybridized carbons (Fsp3) is 0. The maximum Gasteiger partial charge on any atom is 0.141 e. The third-order valence-corrected chi connectivity index (χ3v) is 4.41. The summed E-state index contributed by atoms with van der Waals surface area (Å²) in [7, 11) is 0. The standard InChI is InChI=1S/C9H6BrNO.C9H6ClNO/c2*10-7-4-5-11-9-6(7)2-1-3-8(9)12/h2*1-5,12H. The lowest BCUT2D eigenvalue weighted by molar-refractivity contribution is 0.480. The molecule has 0 bridgehead atoms. The van der Waals surface area contributed by atoms with Crippen molar-refractivity contribution in [2.75, 3.05) is 0 Å². The zero-order valence-corrected chi connectivity index (χ0v) is 14.7. The van der Waals surface area contributed by atoms with Crippen LogP contribution in [0.2, 0.25) is 5.02 Å². The Morgan fingerprint density at radius 1 is 0.750 bits per heavy atom. The van der Waals surface area contributed by atoms with E-state index in [0.717, 1.165) is 15.2 Å². The van der Waals surface area contributed by atoms with E-state index >= 15 is 0 Å². The van der Waals surface area contributed by atoms with Crippen molar-refractivity contribution < 1.29 is 10.2 Å². The second kappa shape index (κ2) is 7.03. The molecular formula is C18H12BrClN2O2. The minimum absolute atomic E-state index is 0.162. The van der Waals surface area contributed by atoms with Crippen molar-refractivity contribution in [3.05, 3.63) is 70.4 Å². The van der Waals surface area contributed by atoms with E-state index < -0.39 is 0 Å². The van der Waals surface area contributed by atoms with E-state index in [1.165, 1.54) is 0 Å². The van der Waals surface area contributed by atoms with Gasteiger partial charge in [-0.05, 0) is 24.3 Å². The quantitative estimate of drug-likeness (QED) is 0.418. The van der Waals surface area contributed by atoms with Crippen LogP contribution in [-0.4, -0.2) is 20.2 Å². The van der Waals surface area contributed by atoms with Crippen LogP contribution in [-0.2, 0) is 0 Å². The number of halogens is 2. The summed E-state index contributed by atoms with van der Waals surface area (Å²) in [6, 6.07) is 14.0. The van der Waals surface area contributed by atoms with Gasteiger partial charge in [-0.25, -0.2) is 0 Å². The Bertz CT molecular complexity index is 858. The molecule has 4 rings (SSSR count). The van der Waals surface area contributed by atoms with Gasteiger partial charge in [0.1, 0.15) is 22.5 Å². The summed E-state index contributed by atoms with van der Waals surface area (Å²) in [5.74, 6) is 0.379. The molecule has 24 heavy (non-hydrogen) atoms. The Kier molecular flexibility index (Phi) is 4.83. The van der Waals surface area contributed by atoms with Crippen molar-refractivity contribution in [2.45, 2.75) is 0 Å². The highest BCUT2D eigenvalue weighted by atomic mass is 79.9. The van der Waals surface area contributed by atoms with Gasteiger partial charge in [0.25, 0.3) is 0 Å². The molecule has 2 aromatic heterocycles. The molecule has 4 nitrogen and oxygen atoms in total. The monoisotopic (exact) mass is 402 g/mol. The van der Waals surface area contributed by atoms with Crippen molar-refractivity contribution in [3.63, 3.8) is 0 Å². The van der Waals surface area contributed by atoms with Crippen LogP contribution in [0.15, 0.2) is 65.4 Å². The number of aromatic nitrogens is 2. The highest BCUT2D eigenvalue weighted by Crippen LogP contribution is 2.28. The van der Waals surface area contributed by atoms with Gasteiger partial charge in [0.15, 0.2) is 0 Å². The molecule has 0 fully saturated rings. The molecule has 120 valence electrons. The fourth-order valence-electron chi connectivity index (χ4n) is 2.25. The maximum atomic E-state index is 9.41. The number of para-hydroxylation sites is 2. The smallest absolute Gasteiger partial charge is 0.141 e. The number of benzene rings is 2. The van der Waals surface area contributed by atoms with Crippen molar-refractivity contribution in [1.29, 1.82) is 0 Å². The molecule has 0 spiro atoms. The molecule has 4 aromatic rings. The first-order valence-electron chi connectivity index (χ1n) is 7.02. The van der Waals surface area contributed by atoms with Crippen molar-refractivity contribution >= 4 is 49.3 Å². The summed E-state index contributed by atoms with van der Waals surface area (Å²) < 4.78 is 0.948. The van der Waals surface area contributed by atoms with Crippen LogP contribution < -0.4 is 0 Å². The van der Waals surface area contributed by atoms with E-state index in [1.807, 2.05) is 18.2 Å². The van der Waals surface area contributed by atoms with Gasteiger partial charge in [-0.1, -0.05) is 51.8 Å². The molecule has 2 N–H and O–H groups in total. The average Bonchev–Trinajstić information content (AvgIpc) is 2.58. The van der Waals surface area contributed by atoms with E-state index in [4.69, 9.17) is 11.6 Å². The highest BCUT2D eigenvalue weighted by molar-refractivity contribution is 9.10. The Labute approximate surface area is 151 Å². The molecule has 0 saturated carbocycles. The number of nitrogens with zero attached hydrogens (tertiary/aromatic N) is 2. The first-order valence-corrected chi connectivity index (χ1v) is 8.19. The minimum Gasteiger partial charge on any atom is -0.506 e. The van der Waals surface area contributed by atoms with E-state index in [-0.39, 0.29) is 11.5 Å². The first-order chi connectivity index (χ1) is 11.6. The summed E-state index contributed by atoms with van der Waals surface area (Å²) in [6.07, 6.45) is 3.23. The van der Waals surface area contributed by atoms with Gasteiger partial charge in [-0.2, -0.15) is 0 Å². The van der Waals surface area contributed by atoms with Gasteiger partial charge in [0.2, 0.25) is 0 Å². The number of phenols is 2. The molecule has 0 atom stereocenters. The molecule has 0 unspecified atom stereocenters. The van der Waals surface area contributed by atoms with Gasteiger partial charge in [0, 0.05) is 27.6 Å². The summed E-state index contributed by atoms with van der Waals surface area (Å²) in [5.41, 5.74) is 1.18. The molecule has 6 heteroatoms. The van der Waals surface area contributed by atoms with Gasteiger partial charge >= 0.3 is 0 Å². The molecule has 0 aliphatic heterocycles. The number of rotatable bonds is 0. The summed E-state index contributed by atoms with van der Waals surface area (Å²) in [4.78, 5) is 8.07. The van der Waals surface area contributed by atoms with Crippen molar-refractivity contribution in [3.8, 4) is 11.5 Å². The number of fused-ring (bicyclic) bond motifs is 2. The molecule has 0 saturated heterocycles. The molecule has 2 aromatic carbocycles. The van der Waals surface area contributed by atoms with Crippen LogP contribution in [0.4, 0.5) is 0 Å². The van der Waals surface area contributed by atoms with Crippen LogP contribution in [0.3, 0.4) is 0 Å². The lowest BCUT2D eigenvalue weighted by Gasteiger charge is -2.00. The Balaban J connectivity index is 0.000000141. The Morgan fingerprint density at radius 3 is 1.88 bits per heavy atom. The predicted octanol–water partition coefficient (Wildman–Crippen LogP) is 5.30. The second-order valence-electron chi connectivity index (χ2n) is 4.93. The molecule has 0 aliphatic rings. The number of hydrogen-bond donors (Lipinski definition) is 2. The summed E-state index contributed by atoms with van der Waals surface area (Å²) >= 11 is 9.26. The topological polar surface area (TPSA) is 66.2 Å². The number of phenolic OH excluding ortho intramolecular Hbond substituents is 2. The largest absolute Gasteiger partial charge is 0.506 e. The Hall–Kier alpha value is -2.37. The lowest BCUT2D eigenvalue weighted by Crippen LogP contribution is -1.79. The van der Waals surface area contributed by atoms with Crippen LogP contribution in [0.25, 0.3) is 21.8 Å². The third kappa shape index (κ3) is 3.27. The second-order valence-corrected chi connectivity index (χ2v) is 6.19. The SMILES string of the molecule is Oc1cccc2c(Br)ccnc12.Oc1cccc2c(Cl)ccnc12. The summed E-state index contributed by atoms with van der Waals surface area (Å²) in [6.45, 7) is 0. The van der Waals surface area contributed by atoms with E-state index in [2.05, 4.69) is 25.9 Å². The zero-order chi connectivity index (χ0) is 17.1. The van der Waals surface area contributed by atoms with Gasteiger partial charge in [0.05, 0.1) is 5.02 Å². The van der Waals surface area contributed by atoms with Crippen LogP contribution in [0.5, 0.6) is 11.5 Å². The first kappa shape index (κ1) is 16.5. The van der Waals surface area contributed by atoms with Crippen molar-refractivity contribution in [1.82, 2.24) is 9.97 Å². The maximum absolute atomic E-state index is 9.41. The van der Waals surface area contributed by atoms with Gasteiger partial charge in [-0.15, -0.1) is 0 Å². The zero-order valence-electron chi connectivity index (χ0n) is 12.3. The van der Waals surface area contributed by atoms with E-state index in [9.17, 15) is 10.2 Å². The number of pyridine rings is 2. The van der Waals surface area contributed by atoms with E-state index in [1.54, 1.807) is 42.7 Å². The van der Waals surface area contributed by atoms with Gasteiger partial charge < -0.3 is 10.2 Å². The normalized spacial score (nSPS) is 10.4. The van der Waals surface area contributed by atoms with Crippen LogP contribution >= 0.6 is 27.5 Å². The van der Waals surface area contributed by atoms with Crippen LogP contribution in [0, 0.1) is 0 Å². The third-order valence-electron chi connectivity index (χ3n) is 3.39. The molecule has 0 radical (unpaired) electrons. The molecule has 2 heterocycles.